The van der Waals surface area contributed by atoms with Crippen LogP contribution in [0.4, 0.5) is 11.4 Å². The van der Waals surface area contributed by atoms with Gasteiger partial charge in [0.25, 0.3) is 0 Å². The van der Waals surface area contributed by atoms with E-state index in [9.17, 15) is 9.59 Å². The van der Waals surface area contributed by atoms with Gasteiger partial charge in [-0.1, -0.05) is 15.9 Å². The van der Waals surface area contributed by atoms with Crippen molar-refractivity contribution in [2.24, 2.45) is 0 Å². The molecule has 23 heavy (non-hydrogen) atoms. The minimum atomic E-state index is -0.102. The molecule has 2 N–H and O–H groups in total. The zero-order valence-corrected chi connectivity index (χ0v) is 15.3. The van der Waals surface area contributed by atoms with Gasteiger partial charge in [0.2, 0.25) is 11.8 Å². The number of hydrogen-bond donors (Lipinski definition) is 2. The minimum Gasteiger partial charge on any atom is -0.326 e. The first-order valence-electron chi connectivity index (χ1n) is 7.00. The quantitative estimate of drug-likeness (QED) is 0.739. The van der Waals surface area contributed by atoms with Gasteiger partial charge in [0.15, 0.2) is 0 Å². The van der Waals surface area contributed by atoms with Crippen LogP contribution >= 0.6 is 27.7 Å². The summed E-state index contributed by atoms with van der Waals surface area (Å²) in [7, 11) is 0. The summed E-state index contributed by atoms with van der Waals surface area (Å²) in [6.45, 7) is 3.45. The van der Waals surface area contributed by atoms with E-state index in [1.54, 1.807) is 0 Å². The van der Waals surface area contributed by atoms with E-state index in [2.05, 4.69) is 26.6 Å². The first-order chi connectivity index (χ1) is 10.9. The number of thioether (sulfide) groups is 1. The highest BCUT2D eigenvalue weighted by atomic mass is 79.9. The van der Waals surface area contributed by atoms with Crippen molar-refractivity contribution in [3.8, 4) is 0 Å². The van der Waals surface area contributed by atoms with E-state index < -0.39 is 0 Å². The van der Waals surface area contributed by atoms with Gasteiger partial charge in [-0.3, -0.25) is 9.59 Å². The molecule has 0 aliphatic carbocycles. The van der Waals surface area contributed by atoms with Gasteiger partial charge in [-0.05, 0) is 55.0 Å². The van der Waals surface area contributed by atoms with Crippen LogP contribution in [0.1, 0.15) is 12.5 Å². The summed E-state index contributed by atoms with van der Waals surface area (Å²) in [5.74, 6) is 0.173. The molecule has 2 amide bonds. The van der Waals surface area contributed by atoms with Crippen LogP contribution in [0.15, 0.2) is 51.8 Å². The second kappa shape index (κ2) is 8.17. The van der Waals surface area contributed by atoms with Crippen molar-refractivity contribution in [1.82, 2.24) is 0 Å². The number of nitrogens with one attached hydrogen (secondary N) is 2. The number of carbonyl (C=O) groups is 2. The fraction of sp³-hybridized carbons (Fsp3) is 0.176. The summed E-state index contributed by atoms with van der Waals surface area (Å²) < 4.78 is 1.02. The van der Waals surface area contributed by atoms with Crippen LogP contribution in [0.25, 0.3) is 0 Å². The first-order valence-corrected chi connectivity index (χ1v) is 8.78. The van der Waals surface area contributed by atoms with E-state index in [0.29, 0.717) is 5.75 Å². The summed E-state index contributed by atoms with van der Waals surface area (Å²) in [4.78, 5) is 23.9. The molecule has 0 aromatic heterocycles. The highest BCUT2D eigenvalue weighted by molar-refractivity contribution is 9.10. The average molecular weight is 393 g/mol. The maximum atomic E-state index is 12.0. The fourth-order valence-corrected chi connectivity index (χ4v) is 2.85. The Hall–Kier alpha value is -1.79. The Bertz CT molecular complexity index is 717. The lowest BCUT2D eigenvalue weighted by Crippen LogP contribution is -2.14. The van der Waals surface area contributed by atoms with Crippen molar-refractivity contribution in [2.75, 3.05) is 16.4 Å². The van der Waals surface area contributed by atoms with Crippen LogP contribution in [0.5, 0.6) is 0 Å². The second-order valence-corrected chi connectivity index (χ2v) is 6.91. The van der Waals surface area contributed by atoms with Gasteiger partial charge in [0.05, 0.1) is 5.75 Å². The first kappa shape index (κ1) is 17.6. The largest absolute Gasteiger partial charge is 0.326 e. The van der Waals surface area contributed by atoms with Gasteiger partial charge in [0.1, 0.15) is 0 Å². The normalized spacial score (nSPS) is 10.2. The molecule has 120 valence electrons. The van der Waals surface area contributed by atoms with Crippen molar-refractivity contribution in [3.05, 3.63) is 52.5 Å². The molecule has 0 aliphatic heterocycles. The minimum absolute atomic E-state index is 0.0531. The van der Waals surface area contributed by atoms with E-state index >= 15 is 0 Å². The predicted octanol–water partition coefficient (Wildman–Crippen LogP) is 4.45. The Morgan fingerprint density at radius 3 is 2.30 bits per heavy atom. The highest BCUT2D eigenvalue weighted by Gasteiger charge is 2.05. The van der Waals surface area contributed by atoms with Crippen LogP contribution in [-0.2, 0) is 9.59 Å². The lowest BCUT2D eigenvalue weighted by atomic mass is 10.2. The SMILES string of the molecule is CC(=O)Nc1ccc(SCC(=O)Nc2ccc(Br)c(C)c2)cc1. The molecule has 2 aromatic rings. The lowest BCUT2D eigenvalue weighted by molar-refractivity contribution is -0.114. The summed E-state index contributed by atoms with van der Waals surface area (Å²) in [5.41, 5.74) is 2.61. The Kier molecular flexibility index (Phi) is 6.24. The molecule has 4 nitrogen and oxygen atoms in total. The Balaban J connectivity index is 1.86. The number of halogens is 1. The number of benzene rings is 2. The average Bonchev–Trinajstić information content (AvgIpc) is 2.50. The van der Waals surface area contributed by atoms with Crippen molar-refractivity contribution >= 4 is 50.9 Å². The number of carbonyl (C=O) groups excluding carboxylic acids is 2. The van der Waals surface area contributed by atoms with Gasteiger partial charge in [-0.2, -0.15) is 0 Å². The van der Waals surface area contributed by atoms with Crippen molar-refractivity contribution in [2.45, 2.75) is 18.7 Å². The van der Waals surface area contributed by atoms with E-state index in [1.807, 2.05) is 49.4 Å². The molecule has 0 unspecified atom stereocenters. The second-order valence-electron chi connectivity index (χ2n) is 5.01. The van der Waals surface area contributed by atoms with Crippen LogP contribution in [-0.4, -0.2) is 17.6 Å². The van der Waals surface area contributed by atoms with Crippen LogP contribution in [0.3, 0.4) is 0 Å². The zero-order chi connectivity index (χ0) is 16.8. The molecule has 2 rings (SSSR count). The number of aryl methyl sites for hydroxylation is 1. The van der Waals surface area contributed by atoms with E-state index in [1.165, 1.54) is 18.7 Å². The molecule has 0 heterocycles. The highest BCUT2D eigenvalue weighted by Crippen LogP contribution is 2.22. The smallest absolute Gasteiger partial charge is 0.234 e. The van der Waals surface area contributed by atoms with E-state index in [-0.39, 0.29) is 11.8 Å². The molecule has 0 bridgehead atoms. The molecule has 0 aliphatic rings. The van der Waals surface area contributed by atoms with Gasteiger partial charge in [-0.15, -0.1) is 11.8 Å². The van der Waals surface area contributed by atoms with Gasteiger partial charge in [-0.25, -0.2) is 0 Å². The Labute approximate surface area is 148 Å². The topological polar surface area (TPSA) is 58.2 Å². The van der Waals surface area contributed by atoms with Crippen molar-refractivity contribution in [3.63, 3.8) is 0 Å². The number of hydrogen-bond acceptors (Lipinski definition) is 3. The molecule has 2 aromatic carbocycles. The molecule has 0 radical (unpaired) electrons. The molecular weight excluding hydrogens is 376 g/mol. The Morgan fingerprint density at radius 2 is 1.70 bits per heavy atom. The number of rotatable bonds is 5. The molecule has 0 fully saturated rings. The summed E-state index contributed by atoms with van der Waals surface area (Å²) in [6, 6.07) is 13.1. The van der Waals surface area contributed by atoms with Crippen LogP contribution in [0.2, 0.25) is 0 Å². The fourth-order valence-electron chi connectivity index (χ4n) is 1.91. The molecular formula is C17H17BrN2O2S. The third kappa shape index (κ3) is 5.73. The standard InChI is InChI=1S/C17H17BrN2O2S/c1-11-9-14(5-8-16(11)18)20-17(22)10-23-15-6-3-13(4-7-15)19-12(2)21/h3-9H,10H2,1-2H3,(H,19,21)(H,20,22). The number of anilines is 2. The van der Waals surface area contributed by atoms with Crippen LogP contribution < -0.4 is 10.6 Å². The third-order valence-corrected chi connectivity index (χ3v) is 4.89. The predicted molar refractivity (Wildman–Crippen MR) is 99.0 cm³/mol. The van der Waals surface area contributed by atoms with Crippen molar-refractivity contribution in [1.29, 1.82) is 0 Å². The van der Waals surface area contributed by atoms with Gasteiger partial charge in [0, 0.05) is 27.7 Å². The van der Waals surface area contributed by atoms with Crippen molar-refractivity contribution < 1.29 is 9.59 Å². The third-order valence-electron chi connectivity index (χ3n) is 2.99. The van der Waals surface area contributed by atoms with Gasteiger partial charge >= 0.3 is 0 Å². The maximum Gasteiger partial charge on any atom is 0.234 e. The van der Waals surface area contributed by atoms with Gasteiger partial charge < -0.3 is 10.6 Å². The summed E-state index contributed by atoms with van der Waals surface area (Å²) in [5, 5.41) is 5.59. The summed E-state index contributed by atoms with van der Waals surface area (Å²) in [6.07, 6.45) is 0. The monoisotopic (exact) mass is 392 g/mol. The molecule has 0 saturated carbocycles. The number of amides is 2. The van der Waals surface area contributed by atoms with E-state index in [0.717, 1.165) is 26.3 Å². The molecule has 6 heteroatoms. The summed E-state index contributed by atoms with van der Waals surface area (Å²) >= 11 is 4.88. The van der Waals surface area contributed by atoms with E-state index in [4.69, 9.17) is 0 Å². The Morgan fingerprint density at radius 1 is 1.04 bits per heavy atom. The van der Waals surface area contributed by atoms with Crippen LogP contribution in [0, 0.1) is 6.92 Å². The maximum absolute atomic E-state index is 12.0. The zero-order valence-electron chi connectivity index (χ0n) is 12.9. The molecule has 0 saturated heterocycles. The molecule has 0 atom stereocenters. The lowest BCUT2D eigenvalue weighted by Gasteiger charge is -2.07. The molecule has 0 spiro atoms.